The van der Waals surface area contributed by atoms with Crippen LogP contribution in [0.15, 0.2) is 46.6 Å². The van der Waals surface area contributed by atoms with Gasteiger partial charge in [-0.15, -0.1) is 0 Å². The maximum absolute atomic E-state index is 13.8. The number of aromatic nitrogens is 1. The number of nitrogens with one attached hydrogen (secondary N) is 1. The molecule has 0 unspecified atom stereocenters. The van der Waals surface area contributed by atoms with Crippen molar-refractivity contribution in [2.45, 2.75) is 19.4 Å². The topological polar surface area (TPSA) is 85.5 Å². The molecule has 0 saturated carbocycles. The van der Waals surface area contributed by atoms with Gasteiger partial charge in [0.1, 0.15) is 23.2 Å². The Kier molecular flexibility index (Phi) is 5.02. The van der Waals surface area contributed by atoms with Crippen LogP contribution in [0.1, 0.15) is 22.7 Å². The number of nitrogens with two attached hydrogens (primary N) is 1. The van der Waals surface area contributed by atoms with Crippen molar-refractivity contribution in [2.75, 3.05) is 20.6 Å². The minimum Gasteiger partial charge on any atom is -0.440 e. The van der Waals surface area contributed by atoms with E-state index in [1.165, 1.54) is 17.0 Å². The van der Waals surface area contributed by atoms with Gasteiger partial charge in [-0.05, 0) is 24.6 Å². The lowest BCUT2D eigenvalue weighted by Crippen LogP contribution is -3.06. The first-order valence-electron chi connectivity index (χ1n) is 8.70. The third-order valence-electron chi connectivity index (χ3n) is 4.71. The molecule has 0 fully saturated rings. The van der Waals surface area contributed by atoms with Crippen molar-refractivity contribution in [1.82, 2.24) is 4.57 Å². The van der Waals surface area contributed by atoms with Crippen LogP contribution in [0, 0.1) is 24.1 Å². The number of benzene rings is 1. The number of rotatable bonds is 4. The van der Waals surface area contributed by atoms with Gasteiger partial charge in [0.25, 0.3) is 5.56 Å². The summed E-state index contributed by atoms with van der Waals surface area (Å²) in [6.45, 7) is 3.11. The molecule has 27 heavy (non-hydrogen) atoms. The molecule has 1 aromatic heterocycles. The fraction of sp³-hybridized carbons (Fsp3) is 0.300. The monoisotopic (exact) mass is 369 g/mol. The first-order chi connectivity index (χ1) is 12.8. The Balaban J connectivity index is 2.24. The second kappa shape index (κ2) is 7.25. The van der Waals surface area contributed by atoms with E-state index in [0.717, 1.165) is 12.2 Å². The molecule has 1 aliphatic heterocycles. The largest absolute Gasteiger partial charge is 0.440 e. The second-order valence-electron chi connectivity index (χ2n) is 6.96. The standard InChI is InChI=1S/C20H21FN4O2/c1-12-9-16-18(20(26)25(12)8-7-24(2)3)17(15(11-22)19(23)27-16)13-5-4-6-14(21)10-13/h4-6,9-10,17H,7-8,23H2,1-3H3/p+1/t17-/m1/s1. The predicted molar refractivity (Wildman–Crippen MR) is 98.8 cm³/mol. The lowest BCUT2D eigenvalue weighted by atomic mass is 9.84. The van der Waals surface area contributed by atoms with Gasteiger partial charge in [0.2, 0.25) is 5.88 Å². The molecule has 1 atom stereocenters. The molecule has 3 N–H and O–H groups in total. The molecule has 0 radical (unpaired) electrons. The number of nitrogens with zero attached hydrogens (tertiary/aromatic N) is 2. The van der Waals surface area contributed by atoms with Crippen molar-refractivity contribution in [3.05, 3.63) is 74.8 Å². The summed E-state index contributed by atoms with van der Waals surface area (Å²) in [5.74, 6) is -0.953. The molecule has 6 nitrogen and oxygen atoms in total. The number of hydrogen-bond acceptors (Lipinski definition) is 4. The smallest absolute Gasteiger partial charge is 0.258 e. The summed E-state index contributed by atoms with van der Waals surface area (Å²) in [7, 11) is 4.02. The number of pyridine rings is 1. The Morgan fingerprint density at radius 2 is 2.11 bits per heavy atom. The van der Waals surface area contributed by atoms with Gasteiger partial charge in [0, 0.05) is 11.8 Å². The minimum absolute atomic E-state index is 0.0615. The zero-order valence-electron chi connectivity index (χ0n) is 15.5. The molecule has 3 rings (SSSR count). The maximum Gasteiger partial charge on any atom is 0.258 e. The van der Waals surface area contributed by atoms with Crippen molar-refractivity contribution >= 4 is 0 Å². The van der Waals surface area contributed by atoms with E-state index in [1.807, 2.05) is 27.1 Å². The molecular formula is C20H22FN4O2+. The lowest BCUT2D eigenvalue weighted by molar-refractivity contribution is -0.858. The lowest BCUT2D eigenvalue weighted by Gasteiger charge is -2.27. The summed E-state index contributed by atoms with van der Waals surface area (Å²) >= 11 is 0. The van der Waals surface area contributed by atoms with E-state index >= 15 is 0 Å². The van der Waals surface area contributed by atoms with Crippen LogP contribution in [0.2, 0.25) is 0 Å². The molecule has 0 bridgehead atoms. The Hall–Kier alpha value is -3.11. The maximum atomic E-state index is 13.8. The highest BCUT2D eigenvalue weighted by molar-refractivity contribution is 5.55. The van der Waals surface area contributed by atoms with Crippen molar-refractivity contribution in [2.24, 2.45) is 5.73 Å². The van der Waals surface area contributed by atoms with Gasteiger partial charge in [-0.1, -0.05) is 12.1 Å². The van der Waals surface area contributed by atoms with Crippen LogP contribution in [0.25, 0.3) is 0 Å². The minimum atomic E-state index is -0.763. The average molecular weight is 369 g/mol. The fourth-order valence-corrected chi connectivity index (χ4v) is 3.32. The molecule has 1 aliphatic rings. The first-order valence-corrected chi connectivity index (χ1v) is 8.70. The number of quaternary nitrogens is 1. The quantitative estimate of drug-likeness (QED) is 0.829. The van der Waals surface area contributed by atoms with E-state index in [9.17, 15) is 14.4 Å². The van der Waals surface area contributed by atoms with Crippen molar-refractivity contribution in [3.8, 4) is 11.8 Å². The zero-order valence-corrected chi connectivity index (χ0v) is 15.5. The van der Waals surface area contributed by atoms with Crippen LogP contribution in [0.3, 0.4) is 0 Å². The third kappa shape index (κ3) is 3.44. The molecule has 0 amide bonds. The van der Waals surface area contributed by atoms with Crippen molar-refractivity contribution in [3.63, 3.8) is 0 Å². The molecule has 7 heteroatoms. The summed E-state index contributed by atoms with van der Waals surface area (Å²) in [4.78, 5) is 14.5. The molecule has 0 saturated heterocycles. The average Bonchev–Trinajstić information content (AvgIpc) is 2.60. The van der Waals surface area contributed by atoms with Gasteiger partial charge in [-0.3, -0.25) is 4.79 Å². The van der Waals surface area contributed by atoms with Gasteiger partial charge < -0.3 is 19.9 Å². The van der Waals surface area contributed by atoms with Crippen LogP contribution in [0.5, 0.6) is 5.75 Å². The van der Waals surface area contributed by atoms with Gasteiger partial charge in [-0.25, -0.2) is 4.39 Å². The van der Waals surface area contributed by atoms with E-state index in [0.29, 0.717) is 23.4 Å². The van der Waals surface area contributed by atoms with E-state index < -0.39 is 11.7 Å². The number of allylic oxidation sites excluding steroid dienone is 1. The van der Waals surface area contributed by atoms with Crippen LogP contribution in [-0.4, -0.2) is 25.2 Å². The summed E-state index contributed by atoms with van der Waals surface area (Å²) in [5, 5.41) is 9.61. The van der Waals surface area contributed by atoms with E-state index in [2.05, 4.69) is 0 Å². The highest BCUT2D eigenvalue weighted by atomic mass is 19.1. The number of ether oxygens (including phenoxy) is 1. The van der Waals surface area contributed by atoms with Crippen LogP contribution in [-0.2, 0) is 6.54 Å². The Morgan fingerprint density at radius 3 is 2.74 bits per heavy atom. The van der Waals surface area contributed by atoms with Gasteiger partial charge in [-0.2, -0.15) is 5.26 Å². The number of hydrogen-bond donors (Lipinski definition) is 2. The Morgan fingerprint density at radius 1 is 1.37 bits per heavy atom. The molecule has 0 spiro atoms. The molecule has 2 aromatic rings. The van der Waals surface area contributed by atoms with Gasteiger partial charge in [0.15, 0.2) is 0 Å². The number of halogens is 1. The summed E-state index contributed by atoms with van der Waals surface area (Å²) in [6, 6.07) is 9.64. The number of fused-ring (bicyclic) bond motifs is 1. The summed E-state index contributed by atoms with van der Waals surface area (Å²) < 4.78 is 21.1. The van der Waals surface area contributed by atoms with Gasteiger partial charge in [0.05, 0.1) is 38.7 Å². The van der Waals surface area contributed by atoms with Gasteiger partial charge >= 0.3 is 0 Å². The first kappa shape index (κ1) is 18.7. The van der Waals surface area contributed by atoms with Crippen LogP contribution in [0.4, 0.5) is 4.39 Å². The predicted octanol–water partition coefficient (Wildman–Crippen LogP) is 0.658. The summed E-state index contributed by atoms with van der Waals surface area (Å²) in [6.07, 6.45) is 0. The molecular weight excluding hydrogens is 347 g/mol. The SMILES string of the molecule is Cc1cc2c(c(=O)n1CC[NH+](C)C)[C@H](c1cccc(F)c1)C(C#N)=C(N)O2. The second-order valence-corrected chi connectivity index (χ2v) is 6.96. The zero-order chi connectivity index (χ0) is 19.7. The molecule has 140 valence electrons. The van der Waals surface area contributed by atoms with E-state index in [1.54, 1.807) is 22.8 Å². The molecule has 1 aromatic carbocycles. The number of likely N-dealkylation sites (N-methyl/N-ethyl adjacent to an activating group) is 1. The highest BCUT2D eigenvalue weighted by Gasteiger charge is 2.34. The summed E-state index contributed by atoms with van der Waals surface area (Å²) in [5.41, 5.74) is 7.34. The number of aryl methyl sites for hydroxylation is 1. The van der Waals surface area contributed by atoms with E-state index in [-0.39, 0.29) is 17.0 Å². The normalized spacial score (nSPS) is 16.1. The third-order valence-corrected chi connectivity index (χ3v) is 4.71. The Bertz CT molecular complexity index is 1020. The van der Waals surface area contributed by atoms with Crippen molar-refractivity contribution in [1.29, 1.82) is 5.26 Å². The number of nitriles is 1. The highest BCUT2D eigenvalue weighted by Crippen LogP contribution is 2.40. The van der Waals surface area contributed by atoms with Crippen LogP contribution < -0.4 is 20.9 Å². The Labute approximate surface area is 156 Å². The van der Waals surface area contributed by atoms with E-state index in [4.69, 9.17) is 10.5 Å². The molecule has 2 heterocycles. The van der Waals surface area contributed by atoms with Crippen molar-refractivity contribution < 1.29 is 14.0 Å². The molecule has 0 aliphatic carbocycles. The fourth-order valence-electron chi connectivity index (χ4n) is 3.32. The van der Waals surface area contributed by atoms with Crippen LogP contribution >= 0.6 is 0 Å².